The zero-order valence-corrected chi connectivity index (χ0v) is 15.1. The molecule has 0 saturated carbocycles. The number of alkyl halides is 3. The maximum Gasteiger partial charge on any atom is 0.416 e. The van der Waals surface area contributed by atoms with E-state index in [-0.39, 0.29) is 6.10 Å². The lowest BCUT2D eigenvalue weighted by atomic mass is 10.1. The summed E-state index contributed by atoms with van der Waals surface area (Å²) in [5.74, 6) is 0. The van der Waals surface area contributed by atoms with Crippen LogP contribution in [0.5, 0.6) is 0 Å². The molecule has 1 aromatic rings. The zero-order chi connectivity index (χ0) is 18.3. The Kier molecular flexibility index (Phi) is 7.72. The highest BCUT2D eigenvalue weighted by molar-refractivity contribution is 5.24. The minimum absolute atomic E-state index is 0.201. The molecule has 0 spiro atoms. The Morgan fingerprint density at radius 2 is 1.80 bits per heavy atom. The fourth-order valence-corrected chi connectivity index (χ4v) is 3.00. The van der Waals surface area contributed by atoms with Crippen LogP contribution in [0.2, 0.25) is 0 Å². The molecule has 1 saturated heterocycles. The second-order valence-corrected chi connectivity index (χ2v) is 7.01. The van der Waals surface area contributed by atoms with E-state index in [0.29, 0.717) is 12.6 Å². The molecule has 1 aliphatic heterocycles. The number of likely N-dealkylation sites (tertiary alicyclic amines) is 1. The average Bonchev–Trinajstić information content (AvgIpc) is 2.57. The summed E-state index contributed by atoms with van der Waals surface area (Å²) in [6.45, 7) is 8.88. The Bertz CT molecular complexity index is 494. The monoisotopic (exact) mass is 358 g/mol. The second kappa shape index (κ2) is 9.55. The topological polar surface area (TPSA) is 24.5 Å². The van der Waals surface area contributed by atoms with Crippen LogP contribution in [0, 0.1) is 0 Å². The smallest absolute Gasteiger partial charge is 0.373 e. The van der Waals surface area contributed by atoms with Crippen LogP contribution in [-0.2, 0) is 17.5 Å². The molecule has 0 radical (unpaired) electrons. The van der Waals surface area contributed by atoms with Gasteiger partial charge in [-0.2, -0.15) is 13.2 Å². The summed E-state index contributed by atoms with van der Waals surface area (Å²) in [5, 5.41) is 3.42. The van der Waals surface area contributed by atoms with Gasteiger partial charge in [-0.05, 0) is 50.0 Å². The van der Waals surface area contributed by atoms with Gasteiger partial charge in [0.05, 0.1) is 18.3 Å². The van der Waals surface area contributed by atoms with E-state index in [2.05, 4.69) is 24.1 Å². The predicted octanol–water partition coefficient (Wildman–Crippen LogP) is 4.07. The number of nitrogens with zero attached hydrogens (tertiary/aromatic N) is 1. The van der Waals surface area contributed by atoms with Crippen LogP contribution in [0.25, 0.3) is 0 Å². The van der Waals surface area contributed by atoms with E-state index in [0.717, 1.165) is 63.1 Å². The molecule has 25 heavy (non-hydrogen) atoms. The molecule has 0 bridgehead atoms. The highest BCUT2D eigenvalue weighted by atomic mass is 19.4. The van der Waals surface area contributed by atoms with Crippen molar-refractivity contribution >= 4 is 0 Å². The lowest BCUT2D eigenvalue weighted by Gasteiger charge is -2.32. The molecule has 0 aliphatic carbocycles. The van der Waals surface area contributed by atoms with Crippen LogP contribution in [0.1, 0.15) is 44.2 Å². The van der Waals surface area contributed by atoms with Crippen LogP contribution in [0.3, 0.4) is 0 Å². The third-order valence-corrected chi connectivity index (χ3v) is 4.51. The van der Waals surface area contributed by atoms with Crippen molar-refractivity contribution in [3.8, 4) is 0 Å². The first-order chi connectivity index (χ1) is 11.8. The molecule has 1 fully saturated rings. The van der Waals surface area contributed by atoms with Gasteiger partial charge in [0.25, 0.3) is 0 Å². The van der Waals surface area contributed by atoms with E-state index in [4.69, 9.17) is 4.74 Å². The second-order valence-electron chi connectivity index (χ2n) is 7.01. The van der Waals surface area contributed by atoms with Gasteiger partial charge in [-0.25, -0.2) is 0 Å². The molecule has 0 unspecified atom stereocenters. The van der Waals surface area contributed by atoms with Gasteiger partial charge in [0, 0.05) is 19.1 Å². The molecule has 1 aromatic carbocycles. The van der Waals surface area contributed by atoms with E-state index in [1.807, 2.05) is 0 Å². The zero-order valence-electron chi connectivity index (χ0n) is 15.1. The van der Waals surface area contributed by atoms with E-state index in [1.165, 1.54) is 12.1 Å². The van der Waals surface area contributed by atoms with Gasteiger partial charge in [-0.3, -0.25) is 0 Å². The largest absolute Gasteiger partial charge is 0.416 e. The molecule has 142 valence electrons. The van der Waals surface area contributed by atoms with E-state index in [1.54, 1.807) is 0 Å². The number of ether oxygens (including phenoxy) is 1. The van der Waals surface area contributed by atoms with Gasteiger partial charge in [-0.15, -0.1) is 0 Å². The summed E-state index contributed by atoms with van der Waals surface area (Å²) < 4.78 is 43.5. The third-order valence-electron chi connectivity index (χ3n) is 4.51. The van der Waals surface area contributed by atoms with Crippen molar-refractivity contribution in [1.29, 1.82) is 0 Å². The van der Waals surface area contributed by atoms with Crippen LogP contribution < -0.4 is 5.32 Å². The summed E-state index contributed by atoms with van der Waals surface area (Å²) in [7, 11) is 0. The van der Waals surface area contributed by atoms with Gasteiger partial charge in [0.1, 0.15) is 0 Å². The Labute approximate surface area is 148 Å². The normalized spacial score (nSPS) is 17.4. The molecule has 1 aliphatic rings. The fourth-order valence-electron chi connectivity index (χ4n) is 3.00. The van der Waals surface area contributed by atoms with Crippen molar-refractivity contribution in [2.24, 2.45) is 0 Å². The number of nitrogens with one attached hydrogen (secondary N) is 1. The van der Waals surface area contributed by atoms with Gasteiger partial charge in [-0.1, -0.05) is 26.0 Å². The highest BCUT2D eigenvalue weighted by Crippen LogP contribution is 2.29. The Morgan fingerprint density at radius 1 is 1.16 bits per heavy atom. The standard InChI is InChI=1S/C19H29F3N2O/c1-15(2)23-10-3-11-24-12-8-18(9-13-24)25-14-16-4-6-17(7-5-16)19(20,21)22/h4-7,15,18,23H,3,8-14H2,1-2H3. The molecule has 6 heteroatoms. The molecule has 0 aromatic heterocycles. The van der Waals surface area contributed by atoms with Gasteiger partial charge >= 0.3 is 6.18 Å². The van der Waals surface area contributed by atoms with Gasteiger partial charge < -0.3 is 15.0 Å². The molecule has 0 amide bonds. The summed E-state index contributed by atoms with van der Waals surface area (Å²) >= 11 is 0. The van der Waals surface area contributed by atoms with E-state index < -0.39 is 11.7 Å². The number of hydrogen-bond donors (Lipinski definition) is 1. The van der Waals surface area contributed by atoms with Crippen LogP contribution in [0.4, 0.5) is 13.2 Å². The number of rotatable bonds is 8. The first-order valence-electron chi connectivity index (χ1n) is 9.08. The number of halogens is 3. The number of piperidine rings is 1. The lowest BCUT2D eigenvalue weighted by molar-refractivity contribution is -0.137. The van der Waals surface area contributed by atoms with E-state index in [9.17, 15) is 13.2 Å². The molecule has 0 atom stereocenters. The SMILES string of the molecule is CC(C)NCCCN1CCC(OCc2ccc(C(F)(F)F)cc2)CC1. The molecule has 1 N–H and O–H groups in total. The minimum Gasteiger partial charge on any atom is -0.373 e. The van der Waals surface area contributed by atoms with Crippen molar-refractivity contribution in [2.45, 2.75) is 58.0 Å². The quantitative estimate of drug-likeness (QED) is 0.709. The van der Waals surface area contributed by atoms with Crippen molar-refractivity contribution in [3.05, 3.63) is 35.4 Å². The number of hydrogen-bond acceptors (Lipinski definition) is 3. The molecule has 2 rings (SSSR count). The van der Waals surface area contributed by atoms with Crippen molar-refractivity contribution < 1.29 is 17.9 Å². The number of benzene rings is 1. The first kappa shape index (κ1) is 20.2. The van der Waals surface area contributed by atoms with Crippen LogP contribution >= 0.6 is 0 Å². The molecular weight excluding hydrogens is 329 g/mol. The third kappa shape index (κ3) is 7.34. The molecule has 3 nitrogen and oxygen atoms in total. The fraction of sp³-hybridized carbons (Fsp3) is 0.684. The summed E-state index contributed by atoms with van der Waals surface area (Å²) in [6.07, 6.45) is -0.963. The highest BCUT2D eigenvalue weighted by Gasteiger charge is 2.30. The van der Waals surface area contributed by atoms with Crippen LogP contribution in [-0.4, -0.2) is 43.2 Å². The Hall–Kier alpha value is -1.11. The van der Waals surface area contributed by atoms with Crippen molar-refractivity contribution in [3.63, 3.8) is 0 Å². The van der Waals surface area contributed by atoms with Gasteiger partial charge in [0.2, 0.25) is 0 Å². The summed E-state index contributed by atoms with van der Waals surface area (Å²) in [6, 6.07) is 5.77. The van der Waals surface area contributed by atoms with E-state index >= 15 is 0 Å². The van der Waals surface area contributed by atoms with Crippen molar-refractivity contribution in [2.75, 3.05) is 26.2 Å². The maximum absolute atomic E-state index is 12.5. The molecular formula is C19H29F3N2O. The van der Waals surface area contributed by atoms with Crippen molar-refractivity contribution in [1.82, 2.24) is 10.2 Å². The summed E-state index contributed by atoms with van der Waals surface area (Å²) in [5.41, 5.74) is 0.173. The van der Waals surface area contributed by atoms with Crippen LogP contribution in [0.15, 0.2) is 24.3 Å². The minimum atomic E-state index is -4.28. The maximum atomic E-state index is 12.5. The van der Waals surface area contributed by atoms with Gasteiger partial charge in [0.15, 0.2) is 0 Å². The molecule has 1 heterocycles. The summed E-state index contributed by atoms with van der Waals surface area (Å²) in [4.78, 5) is 2.46. The Balaban J connectivity index is 1.63. The average molecular weight is 358 g/mol. The Morgan fingerprint density at radius 3 is 2.36 bits per heavy atom. The predicted molar refractivity (Wildman–Crippen MR) is 93.5 cm³/mol. The first-order valence-corrected chi connectivity index (χ1v) is 9.08. The lowest BCUT2D eigenvalue weighted by Crippen LogP contribution is -2.38.